The average Bonchev–Trinajstić information content (AvgIpc) is 2.80. The van der Waals surface area contributed by atoms with Crippen LogP contribution in [0.4, 0.5) is 0 Å². The molecule has 2 aliphatic carbocycles. The number of hydrogen-bond donors (Lipinski definition) is 0. The molecule has 4 nitrogen and oxygen atoms in total. The Kier molecular flexibility index (Phi) is 8.41. The number of ketones is 3. The zero-order chi connectivity index (χ0) is 20.9. The summed E-state index contributed by atoms with van der Waals surface area (Å²) in [6.07, 6.45) is 4.00. The number of nitrogens with zero attached hydrogens (tertiary/aromatic N) is 1. The summed E-state index contributed by atoms with van der Waals surface area (Å²) in [6, 6.07) is 2.15. The van der Waals surface area contributed by atoms with E-state index in [9.17, 15) is 14.4 Å². The van der Waals surface area contributed by atoms with Crippen molar-refractivity contribution in [1.29, 1.82) is 5.26 Å². The summed E-state index contributed by atoms with van der Waals surface area (Å²) in [5.41, 5.74) is -0.206. The van der Waals surface area contributed by atoms with Gasteiger partial charge < -0.3 is 4.79 Å². The van der Waals surface area contributed by atoms with E-state index in [1.807, 2.05) is 20.8 Å². The van der Waals surface area contributed by atoms with E-state index in [-0.39, 0.29) is 28.3 Å². The van der Waals surface area contributed by atoms with E-state index in [1.165, 1.54) is 20.3 Å². The highest BCUT2D eigenvalue weighted by molar-refractivity contribution is 5.89. The molecule has 2 aliphatic rings. The van der Waals surface area contributed by atoms with Crippen molar-refractivity contribution in [1.82, 2.24) is 0 Å². The lowest BCUT2D eigenvalue weighted by molar-refractivity contribution is -0.128. The number of carbonyl (C=O) groups excluding carboxylic acids is 3. The maximum Gasteiger partial charge on any atom is 0.139 e. The van der Waals surface area contributed by atoms with Gasteiger partial charge in [0.05, 0.1) is 11.5 Å². The molecule has 0 radical (unpaired) electrons. The predicted molar refractivity (Wildman–Crippen MR) is 104 cm³/mol. The number of Topliss-reactive ketones (excluding diaryl/α,β-unsaturated/α-hetero) is 3. The van der Waals surface area contributed by atoms with E-state index >= 15 is 0 Å². The van der Waals surface area contributed by atoms with Gasteiger partial charge in [-0.3, -0.25) is 9.59 Å². The van der Waals surface area contributed by atoms with Crippen LogP contribution >= 0.6 is 0 Å². The smallest absolute Gasteiger partial charge is 0.139 e. The van der Waals surface area contributed by atoms with Gasteiger partial charge in [-0.2, -0.15) is 5.26 Å². The second kappa shape index (κ2) is 8.93. The lowest BCUT2D eigenvalue weighted by atomic mass is 9.70. The molecule has 0 N–H and O–H groups in total. The highest BCUT2D eigenvalue weighted by Gasteiger charge is 2.61. The molecule has 3 atom stereocenters. The molecule has 2 saturated carbocycles. The standard InChI is InChI=1S/C10H16O.C9H15NO.C3H6O/c1-9(2)7-4-5-10(9,3)8(11)6-7;1-5-8(7(2)11)9(3,4)6-10;1-3(2)4/h7H,4-6H2,1-3H3;8H,5H2,1-4H3;1-2H3. The molecule has 0 amide bonds. The lowest BCUT2D eigenvalue weighted by Gasteiger charge is -2.32. The quantitative estimate of drug-likeness (QED) is 0.695. The van der Waals surface area contributed by atoms with Crippen molar-refractivity contribution in [2.24, 2.45) is 28.1 Å². The first-order valence-corrected chi connectivity index (χ1v) is 9.59. The molecular formula is C22H37NO3. The summed E-state index contributed by atoms with van der Waals surface area (Å²) in [6.45, 7) is 16.8. The Hall–Kier alpha value is -1.50. The van der Waals surface area contributed by atoms with Gasteiger partial charge in [0.1, 0.15) is 17.3 Å². The van der Waals surface area contributed by atoms with E-state index in [0.717, 1.165) is 19.3 Å². The number of rotatable bonds is 3. The van der Waals surface area contributed by atoms with Crippen LogP contribution in [0.5, 0.6) is 0 Å². The molecule has 2 fully saturated rings. The monoisotopic (exact) mass is 363 g/mol. The van der Waals surface area contributed by atoms with Crippen LogP contribution in [0.2, 0.25) is 0 Å². The van der Waals surface area contributed by atoms with Crippen LogP contribution in [-0.4, -0.2) is 17.3 Å². The summed E-state index contributed by atoms with van der Waals surface area (Å²) in [5, 5.41) is 8.74. The zero-order valence-electron chi connectivity index (χ0n) is 18.2. The van der Waals surface area contributed by atoms with Gasteiger partial charge in [-0.05, 0) is 65.2 Å². The average molecular weight is 364 g/mol. The second-order valence-corrected chi connectivity index (χ2v) is 9.23. The van der Waals surface area contributed by atoms with Gasteiger partial charge in [-0.25, -0.2) is 0 Å². The third-order valence-corrected chi connectivity index (χ3v) is 6.54. The molecule has 0 aromatic carbocycles. The molecule has 0 aromatic rings. The Labute approximate surface area is 159 Å². The second-order valence-electron chi connectivity index (χ2n) is 9.23. The lowest BCUT2D eigenvalue weighted by Crippen LogP contribution is -2.32. The molecule has 2 bridgehead atoms. The molecule has 0 aliphatic heterocycles. The maximum atomic E-state index is 11.6. The Morgan fingerprint density at radius 2 is 1.69 bits per heavy atom. The van der Waals surface area contributed by atoms with Gasteiger partial charge in [0.15, 0.2) is 0 Å². The fourth-order valence-electron chi connectivity index (χ4n) is 4.29. The third kappa shape index (κ3) is 5.25. The fourth-order valence-corrected chi connectivity index (χ4v) is 4.29. The maximum absolute atomic E-state index is 11.6. The van der Waals surface area contributed by atoms with Crippen LogP contribution in [0.15, 0.2) is 0 Å². The highest BCUT2D eigenvalue weighted by Crippen LogP contribution is 2.63. The minimum Gasteiger partial charge on any atom is -0.300 e. The molecule has 4 heteroatoms. The van der Waals surface area contributed by atoms with E-state index in [1.54, 1.807) is 6.92 Å². The molecule has 0 aromatic heterocycles. The van der Waals surface area contributed by atoms with Gasteiger partial charge >= 0.3 is 0 Å². The summed E-state index contributed by atoms with van der Waals surface area (Å²) in [7, 11) is 0. The van der Waals surface area contributed by atoms with Crippen LogP contribution in [0.25, 0.3) is 0 Å². The first-order chi connectivity index (χ1) is 11.7. The predicted octanol–water partition coefficient (Wildman–Crippen LogP) is 5.15. The molecule has 2 rings (SSSR count). The van der Waals surface area contributed by atoms with E-state index in [2.05, 4.69) is 26.8 Å². The highest BCUT2D eigenvalue weighted by atomic mass is 16.1. The van der Waals surface area contributed by atoms with Crippen molar-refractivity contribution in [3.8, 4) is 6.07 Å². The van der Waals surface area contributed by atoms with Gasteiger partial charge in [0.2, 0.25) is 0 Å². The number of nitriles is 1. The largest absolute Gasteiger partial charge is 0.300 e. The Morgan fingerprint density at radius 3 is 1.81 bits per heavy atom. The molecule has 26 heavy (non-hydrogen) atoms. The van der Waals surface area contributed by atoms with Crippen LogP contribution < -0.4 is 0 Å². The third-order valence-electron chi connectivity index (χ3n) is 6.54. The normalized spacial score (nSPS) is 26.6. The summed E-state index contributed by atoms with van der Waals surface area (Å²) < 4.78 is 0. The zero-order valence-corrected chi connectivity index (χ0v) is 18.2. The molecule has 3 unspecified atom stereocenters. The molecular weight excluding hydrogens is 326 g/mol. The number of carbonyl (C=O) groups is 3. The summed E-state index contributed by atoms with van der Waals surface area (Å²) in [4.78, 5) is 32.0. The van der Waals surface area contributed by atoms with Gasteiger partial charge in [-0.1, -0.05) is 27.7 Å². The molecule has 0 saturated heterocycles. The topological polar surface area (TPSA) is 75.0 Å². The van der Waals surface area contributed by atoms with Gasteiger partial charge in [0.25, 0.3) is 0 Å². The number of hydrogen-bond acceptors (Lipinski definition) is 4. The fraction of sp³-hybridized carbons (Fsp3) is 0.818. The van der Waals surface area contributed by atoms with Crippen molar-refractivity contribution in [2.45, 2.75) is 88.0 Å². The Bertz CT molecular complexity index is 579. The first-order valence-electron chi connectivity index (χ1n) is 9.59. The number of fused-ring (bicyclic) bond motifs is 2. The van der Waals surface area contributed by atoms with Crippen molar-refractivity contribution in [3.05, 3.63) is 0 Å². The van der Waals surface area contributed by atoms with E-state index in [4.69, 9.17) is 5.26 Å². The molecule has 0 spiro atoms. The minimum absolute atomic E-state index is 0.0255. The summed E-state index contributed by atoms with van der Waals surface area (Å²) >= 11 is 0. The van der Waals surface area contributed by atoms with Crippen LogP contribution in [0.3, 0.4) is 0 Å². The van der Waals surface area contributed by atoms with Crippen molar-refractivity contribution in [2.75, 3.05) is 0 Å². The Morgan fingerprint density at radius 1 is 1.23 bits per heavy atom. The Balaban J connectivity index is 0.000000401. The first kappa shape index (κ1) is 24.5. The molecule has 0 heterocycles. The SMILES string of the molecule is CC(C)=O.CC12CCC(CC1=O)C2(C)C.CCC(C(C)=O)C(C)(C)C#N. The van der Waals surface area contributed by atoms with Crippen molar-refractivity contribution in [3.63, 3.8) is 0 Å². The van der Waals surface area contributed by atoms with Gasteiger partial charge in [0, 0.05) is 17.8 Å². The summed E-state index contributed by atoms with van der Waals surface area (Å²) in [5.74, 6) is 1.35. The van der Waals surface area contributed by atoms with Crippen LogP contribution in [0.1, 0.15) is 88.0 Å². The molecule has 148 valence electrons. The van der Waals surface area contributed by atoms with Gasteiger partial charge in [-0.15, -0.1) is 0 Å². The van der Waals surface area contributed by atoms with E-state index in [0.29, 0.717) is 11.7 Å². The van der Waals surface area contributed by atoms with Crippen molar-refractivity contribution >= 4 is 17.3 Å². The van der Waals surface area contributed by atoms with Crippen LogP contribution in [0, 0.1) is 39.4 Å². The van der Waals surface area contributed by atoms with Crippen LogP contribution in [-0.2, 0) is 14.4 Å². The van der Waals surface area contributed by atoms with Crippen molar-refractivity contribution < 1.29 is 14.4 Å². The minimum atomic E-state index is -0.513. The van der Waals surface area contributed by atoms with E-state index < -0.39 is 5.41 Å².